The van der Waals surface area contributed by atoms with E-state index in [1.54, 1.807) is 0 Å². The molecule has 0 fully saturated rings. The third-order valence-corrected chi connectivity index (χ3v) is 3.06. The third-order valence-electron chi connectivity index (χ3n) is 3.06. The third kappa shape index (κ3) is 8.92. The molecule has 15 heavy (non-hydrogen) atoms. The molecule has 0 radical (unpaired) electrons. The van der Waals surface area contributed by atoms with Gasteiger partial charge >= 0.3 is 0 Å². The van der Waals surface area contributed by atoms with Gasteiger partial charge in [0, 0.05) is 6.54 Å². The van der Waals surface area contributed by atoms with Crippen LogP contribution in [0.1, 0.15) is 60.3 Å². The molecule has 1 heteroatoms. The summed E-state index contributed by atoms with van der Waals surface area (Å²) in [6, 6.07) is 0. The smallest absolute Gasteiger partial charge is 0.000691 e. The van der Waals surface area contributed by atoms with Crippen LogP contribution in [0.25, 0.3) is 0 Å². The SMILES string of the molecule is CCCN(CCCC(C)C)CC(C)CC. The van der Waals surface area contributed by atoms with E-state index in [-0.39, 0.29) is 0 Å². The predicted molar refractivity (Wildman–Crippen MR) is 70.3 cm³/mol. The van der Waals surface area contributed by atoms with Gasteiger partial charge in [0.25, 0.3) is 0 Å². The summed E-state index contributed by atoms with van der Waals surface area (Å²) in [6.07, 6.45) is 5.34. The summed E-state index contributed by atoms with van der Waals surface area (Å²) in [5.74, 6) is 1.72. The molecule has 0 saturated heterocycles. The molecule has 0 N–H and O–H groups in total. The van der Waals surface area contributed by atoms with Crippen LogP contribution >= 0.6 is 0 Å². The van der Waals surface area contributed by atoms with Gasteiger partial charge in [0.05, 0.1) is 0 Å². The maximum atomic E-state index is 2.65. The lowest BCUT2D eigenvalue weighted by molar-refractivity contribution is 0.227. The van der Waals surface area contributed by atoms with E-state index in [2.05, 4.69) is 39.5 Å². The largest absolute Gasteiger partial charge is 0.303 e. The molecular formula is C14H31N. The zero-order valence-electron chi connectivity index (χ0n) is 11.6. The summed E-state index contributed by atoms with van der Waals surface area (Å²) < 4.78 is 0. The quantitative estimate of drug-likeness (QED) is 0.555. The topological polar surface area (TPSA) is 3.24 Å². The van der Waals surface area contributed by atoms with Gasteiger partial charge < -0.3 is 4.90 Å². The Morgan fingerprint density at radius 3 is 2.13 bits per heavy atom. The van der Waals surface area contributed by atoms with Crippen LogP contribution in [0.15, 0.2) is 0 Å². The first kappa shape index (κ1) is 15.0. The van der Waals surface area contributed by atoms with E-state index in [0.29, 0.717) is 0 Å². The Hall–Kier alpha value is -0.0400. The van der Waals surface area contributed by atoms with E-state index in [4.69, 9.17) is 0 Å². The fourth-order valence-corrected chi connectivity index (χ4v) is 1.90. The zero-order chi connectivity index (χ0) is 11.7. The van der Waals surface area contributed by atoms with Crippen LogP contribution in [-0.2, 0) is 0 Å². The molecule has 0 heterocycles. The minimum atomic E-state index is 0.857. The summed E-state index contributed by atoms with van der Waals surface area (Å²) in [4.78, 5) is 2.65. The molecule has 0 rings (SSSR count). The van der Waals surface area contributed by atoms with Crippen molar-refractivity contribution in [3.8, 4) is 0 Å². The van der Waals surface area contributed by atoms with Gasteiger partial charge in [0.2, 0.25) is 0 Å². The molecular weight excluding hydrogens is 182 g/mol. The van der Waals surface area contributed by atoms with Crippen molar-refractivity contribution in [2.75, 3.05) is 19.6 Å². The van der Waals surface area contributed by atoms with Gasteiger partial charge in [-0.05, 0) is 44.2 Å². The Morgan fingerprint density at radius 2 is 1.67 bits per heavy atom. The standard InChI is InChI=1S/C14H31N/c1-6-10-15(12-14(5)7-2)11-8-9-13(3)4/h13-14H,6-12H2,1-5H3. The molecule has 0 aromatic rings. The molecule has 1 unspecified atom stereocenters. The maximum Gasteiger partial charge on any atom is 0.000691 e. The molecule has 1 nitrogen and oxygen atoms in total. The number of nitrogens with zero attached hydrogens (tertiary/aromatic N) is 1. The van der Waals surface area contributed by atoms with E-state index in [1.807, 2.05) is 0 Å². The second-order valence-electron chi connectivity index (χ2n) is 5.35. The van der Waals surface area contributed by atoms with Crippen LogP contribution in [0.2, 0.25) is 0 Å². The highest BCUT2D eigenvalue weighted by atomic mass is 15.1. The van der Waals surface area contributed by atoms with Crippen LogP contribution in [0.3, 0.4) is 0 Å². The molecule has 0 aromatic heterocycles. The van der Waals surface area contributed by atoms with E-state index < -0.39 is 0 Å². The van der Waals surface area contributed by atoms with Gasteiger partial charge in [-0.1, -0.05) is 41.0 Å². The molecule has 0 saturated carbocycles. The Morgan fingerprint density at radius 1 is 1.00 bits per heavy atom. The molecule has 92 valence electrons. The molecule has 1 atom stereocenters. The zero-order valence-corrected chi connectivity index (χ0v) is 11.6. The second-order valence-corrected chi connectivity index (χ2v) is 5.35. The Kier molecular flexibility index (Phi) is 9.18. The van der Waals surface area contributed by atoms with Gasteiger partial charge in [-0.3, -0.25) is 0 Å². The highest BCUT2D eigenvalue weighted by Gasteiger charge is 2.08. The average molecular weight is 213 g/mol. The van der Waals surface area contributed by atoms with Crippen LogP contribution in [-0.4, -0.2) is 24.5 Å². The van der Waals surface area contributed by atoms with Crippen LogP contribution in [0.4, 0.5) is 0 Å². The van der Waals surface area contributed by atoms with Crippen molar-refractivity contribution in [2.24, 2.45) is 11.8 Å². The summed E-state index contributed by atoms with van der Waals surface area (Å²) in [5.41, 5.74) is 0. The lowest BCUT2D eigenvalue weighted by Gasteiger charge is -2.25. The molecule has 0 amide bonds. The second kappa shape index (κ2) is 9.21. The van der Waals surface area contributed by atoms with Crippen LogP contribution in [0.5, 0.6) is 0 Å². The predicted octanol–water partition coefficient (Wildman–Crippen LogP) is 4.18. The van der Waals surface area contributed by atoms with Crippen molar-refractivity contribution in [3.63, 3.8) is 0 Å². The molecule has 0 aliphatic heterocycles. The molecule has 0 bridgehead atoms. The Bertz CT molecular complexity index is 131. The molecule has 0 aromatic carbocycles. The lowest BCUT2D eigenvalue weighted by atomic mass is 10.1. The Labute approximate surface area is 97.2 Å². The molecule has 0 aliphatic carbocycles. The van der Waals surface area contributed by atoms with Gasteiger partial charge in [0.1, 0.15) is 0 Å². The van der Waals surface area contributed by atoms with E-state index >= 15 is 0 Å². The highest BCUT2D eigenvalue weighted by Crippen LogP contribution is 2.09. The van der Waals surface area contributed by atoms with Gasteiger partial charge in [0.15, 0.2) is 0 Å². The van der Waals surface area contributed by atoms with Crippen molar-refractivity contribution in [2.45, 2.75) is 60.3 Å². The van der Waals surface area contributed by atoms with Gasteiger partial charge in [-0.15, -0.1) is 0 Å². The van der Waals surface area contributed by atoms with E-state index in [1.165, 1.54) is 45.3 Å². The average Bonchev–Trinajstić information content (AvgIpc) is 2.17. The number of hydrogen-bond acceptors (Lipinski definition) is 1. The molecule has 0 aliphatic rings. The first-order valence-corrected chi connectivity index (χ1v) is 6.82. The fraction of sp³-hybridized carbons (Fsp3) is 1.00. The number of rotatable bonds is 9. The normalized spacial score (nSPS) is 13.8. The Balaban J connectivity index is 3.72. The van der Waals surface area contributed by atoms with Crippen LogP contribution < -0.4 is 0 Å². The fourth-order valence-electron chi connectivity index (χ4n) is 1.90. The first-order chi connectivity index (χ1) is 7.10. The monoisotopic (exact) mass is 213 g/mol. The lowest BCUT2D eigenvalue weighted by Crippen LogP contribution is -2.30. The van der Waals surface area contributed by atoms with E-state index in [0.717, 1.165) is 11.8 Å². The van der Waals surface area contributed by atoms with Crippen molar-refractivity contribution in [1.82, 2.24) is 4.90 Å². The summed E-state index contributed by atoms with van der Waals surface area (Å²) in [7, 11) is 0. The highest BCUT2D eigenvalue weighted by molar-refractivity contribution is 4.62. The minimum Gasteiger partial charge on any atom is -0.303 e. The van der Waals surface area contributed by atoms with Crippen molar-refractivity contribution < 1.29 is 0 Å². The summed E-state index contributed by atoms with van der Waals surface area (Å²) in [5, 5.41) is 0. The minimum absolute atomic E-state index is 0.857. The van der Waals surface area contributed by atoms with Crippen molar-refractivity contribution in [3.05, 3.63) is 0 Å². The van der Waals surface area contributed by atoms with Crippen molar-refractivity contribution in [1.29, 1.82) is 0 Å². The van der Waals surface area contributed by atoms with Gasteiger partial charge in [-0.2, -0.15) is 0 Å². The first-order valence-electron chi connectivity index (χ1n) is 6.82. The maximum absolute atomic E-state index is 2.65. The van der Waals surface area contributed by atoms with Crippen molar-refractivity contribution >= 4 is 0 Å². The van der Waals surface area contributed by atoms with Crippen LogP contribution in [0, 0.1) is 11.8 Å². The van der Waals surface area contributed by atoms with Gasteiger partial charge in [-0.25, -0.2) is 0 Å². The summed E-state index contributed by atoms with van der Waals surface area (Å²) >= 11 is 0. The van der Waals surface area contributed by atoms with E-state index in [9.17, 15) is 0 Å². The molecule has 0 spiro atoms. The summed E-state index contributed by atoms with van der Waals surface area (Å²) in [6.45, 7) is 15.5. The number of hydrogen-bond donors (Lipinski definition) is 0.